The SMILES string of the molecule is CC(C)(C)OC(=O)N1CC(C(=O)O)CC2(CCC2)C1. The second-order valence-corrected chi connectivity index (χ2v) is 6.95. The minimum atomic E-state index is -0.806. The van der Waals surface area contributed by atoms with Crippen molar-refractivity contribution < 1.29 is 19.4 Å². The molecule has 0 radical (unpaired) electrons. The third-order valence-electron chi connectivity index (χ3n) is 4.06. The average molecular weight is 269 g/mol. The number of carbonyl (C=O) groups excluding carboxylic acids is 1. The van der Waals surface area contributed by atoms with E-state index in [1.165, 1.54) is 0 Å². The molecule has 0 aromatic heterocycles. The van der Waals surface area contributed by atoms with E-state index in [-0.39, 0.29) is 18.1 Å². The number of amides is 1. The molecule has 2 fully saturated rings. The Balaban J connectivity index is 2.07. The Bertz CT molecular complexity index is 381. The van der Waals surface area contributed by atoms with Crippen LogP contribution >= 0.6 is 0 Å². The number of carboxylic acid groups (broad SMARTS) is 1. The lowest BCUT2D eigenvalue weighted by Gasteiger charge is -2.50. The molecule has 1 aliphatic heterocycles. The normalized spacial score (nSPS) is 25.8. The van der Waals surface area contributed by atoms with Gasteiger partial charge >= 0.3 is 12.1 Å². The molecule has 1 unspecified atom stereocenters. The van der Waals surface area contributed by atoms with Crippen LogP contribution in [0.15, 0.2) is 0 Å². The maximum Gasteiger partial charge on any atom is 0.410 e. The third-order valence-corrected chi connectivity index (χ3v) is 4.06. The molecule has 1 saturated heterocycles. The van der Waals surface area contributed by atoms with Crippen LogP contribution in [-0.2, 0) is 9.53 Å². The summed E-state index contributed by atoms with van der Waals surface area (Å²) in [5, 5.41) is 9.24. The minimum absolute atomic E-state index is 0.0260. The van der Waals surface area contributed by atoms with E-state index in [0.29, 0.717) is 13.0 Å². The second kappa shape index (κ2) is 4.69. The Morgan fingerprint density at radius 1 is 1.32 bits per heavy atom. The summed E-state index contributed by atoms with van der Waals surface area (Å²) < 4.78 is 5.36. The van der Waals surface area contributed by atoms with Crippen molar-refractivity contribution >= 4 is 12.1 Å². The topological polar surface area (TPSA) is 66.8 Å². The predicted molar refractivity (Wildman–Crippen MR) is 69.8 cm³/mol. The highest BCUT2D eigenvalue weighted by Crippen LogP contribution is 2.49. The van der Waals surface area contributed by atoms with Gasteiger partial charge in [0, 0.05) is 13.1 Å². The number of carbonyl (C=O) groups is 2. The summed E-state index contributed by atoms with van der Waals surface area (Å²) in [6.45, 7) is 6.38. The standard InChI is InChI=1S/C14H23NO4/c1-13(2,3)19-12(18)15-8-10(11(16)17)7-14(9-15)5-4-6-14/h10H,4-9H2,1-3H3,(H,16,17). The number of ether oxygens (including phenoxy) is 1. The van der Waals surface area contributed by atoms with Gasteiger partial charge in [-0.15, -0.1) is 0 Å². The lowest BCUT2D eigenvalue weighted by Crippen LogP contribution is -2.54. The zero-order valence-electron chi connectivity index (χ0n) is 11.9. The molecule has 1 amide bonds. The number of rotatable bonds is 1. The van der Waals surface area contributed by atoms with Gasteiger partial charge in [-0.1, -0.05) is 6.42 Å². The van der Waals surface area contributed by atoms with Gasteiger partial charge in [0.15, 0.2) is 0 Å². The zero-order chi connectivity index (χ0) is 14.3. The molecule has 0 aromatic carbocycles. The van der Waals surface area contributed by atoms with Gasteiger partial charge in [0.2, 0.25) is 0 Å². The fourth-order valence-electron chi connectivity index (χ4n) is 3.06. The molecular weight excluding hydrogens is 246 g/mol. The first-order valence-electron chi connectivity index (χ1n) is 6.92. The molecule has 2 aliphatic rings. The summed E-state index contributed by atoms with van der Waals surface area (Å²) in [5.41, 5.74) is -0.516. The Hall–Kier alpha value is -1.26. The van der Waals surface area contributed by atoms with Crippen LogP contribution in [0.4, 0.5) is 4.79 Å². The molecule has 1 atom stereocenters. The van der Waals surface area contributed by atoms with Gasteiger partial charge in [-0.25, -0.2) is 4.79 Å². The fraction of sp³-hybridized carbons (Fsp3) is 0.857. The number of aliphatic carboxylic acids is 1. The molecule has 1 aliphatic carbocycles. The third kappa shape index (κ3) is 3.19. The smallest absolute Gasteiger partial charge is 0.410 e. The molecule has 1 spiro atoms. The van der Waals surface area contributed by atoms with Crippen molar-refractivity contribution in [2.75, 3.05) is 13.1 Å². The molecule has 0 aromatic rings. The number of hydrogen-bond donors (Lipinski definition) is 1. The van der Waals surface area contributed by atoms with Crippen LogP contribution in [0.25, 0.3) is 0 Å². The Morgan fingerprint density at radius 2 is 1.95 bits per heavy atom. The molecular formula is C14H23NO4. The van der Waals surface area contributed by atoms with Crippen LogP contribution < -0.4 is 0 Å². The summed E-state index contributed by atoms with van der Waals surface area (Å²) in [7, 11) is 0. The Labute approximate surface area is 113 Å². The van der Waals surface area contributed by atoms with Gasteiger partial charge in [0.1, 0.15) is 5.60 Å². The van der Waals surface area contributed by atoms with E-state index < -0.39 is 17.5 Å². The molecule has 1 saturated carbocycles. The van der Waals surface area contributed by atoms with Crippen LogP contribution in [0.3, 0.4) is 0 Å². The number of nitrogens with zero attached hydrogens (tertiary/aromatic N) is 1. The largest absolute Gasteiger partial charge is 0.481 e. The molecule has 5 nitrogen and oxygen atoms in total. The van der Waals surface area contributed by atoms with Crippen LogP contribution in [0.1, 0.15) is 46.5 Å². The van der Waals surface area contributed by atoms with Crippen molar-refractivity contribution in [3.05, 3.63) is 0 Å². The maximum absolute atomic E-state index is 12.1. The van der Waals surface area contributed by atoms with E-state index in [9.17, 15) is 14.7 Å². The van der Waals surface area contributed by atoms with Crippen molar-refractivity contribution in [2.24, 2.45) is 11.3 Å². The Morgan fingerprint density at radius 3 is 2.37 bits per heavy atom. The molecule has 1 heterocycles. The minimum Gasteiger partial charge on any atom is -0.481 e. The van der Waals surface area contributed by atoms with E-state index in [0.717, 1.165) is 19.3 Å². The monoisotopic (exact) mass is 269 g/mol. The van der Waals surface area contributed by atoms with Crippen LogP contribution in [0, 0.1) is 11.3 Å². The number of likely N-dealkylation sites (tertiary alicyclic amines) is 1. The van der Waals surface area contributed by atoms with E-state index in [2.05, 4.69) is 0 Å². The van der Waals surface area contributed by atoms with Crippen molar-refractivity contribution in [3.63, 3.8) is 0 Å². The Kier molecular flexibility index (Phi) is 3.49. The molecule has 19 heavy (non-hydrogen) atoms. The first kappa shape index (κ1) is 14.2. The fourth-order valence-corrected chi connectivity index (χ4v) is 3.06. The highest BCUT2D eigenvalue weighted by Gasteiger charge is 2.47. The van der Waals surface area contributed by atoms with E-state index >= 15 is 0 Å². The quantitative estimate of drug-likeness (QED) is 0.794. The van der Waals surface area contributed by atoms with E-state index in [1.54, 1.807) is 4.90 Å². The summed E-state index contributed by atoms with van der Waals surface area (Å²) in [5.74, 6) is -1.26. The summed E-state index contributed by atoms with van der Waals surface area (Å²) >= 11 is 0. The zero-order valence-corrected chi connectivity index (χ0v) is 11.9. The summed E-state index contributed by atoms with van der Waals surface area (Å²) in [4.78, 5) is 25.0. The van der Waals surface area contributed by atoms with Gasteiger partial charge in [0.25, 0.3) is 0 Å². The number of hydrogen-bond acceptors (Lipinski definition) is 3. The second-order valence-electron chi connectivity index (χ2n) is 6.95. The molecule has 1 N–H and O–H groups in total. The summed E-state index contributed by atoms with van der Waals surface area (Å²) in [6.07, 6.45) is 3.49. The predicted octanol–water partition coefficient (Wildman–Crippen LogP) is 2.50. The van der Waals surface area contributed by atoms with Gasteiger partial charge in [-0.3, -0.25) is 4.79 Å². The van der Waals surface area contributed by atoms with Gasteiger partial charge in [-0.05, 0) is 45.4 Å². The van der Waals surface area contributed by atoms with Crippen molar-refractivity contribution in [3.8, 4) is 0 Å². The average Bonchev–Trinajstić information content (AvgIpc) is 2.24. The van der Waals surface area contributed by atoms with E-state index in [4.69, 9.17) is 4.74 Å². The number of piperidine rings is 1. The molecule has 2 rings (SSSR count). The van der Waals surface area contributed by atoms with E-state index in [1.807, 2.05) is 20.8 Å². The van der Waals surface area contributed by atoms with Crippen molar-refractivity contribution in [1.82, 2.24) is 4.90 Å². The van der Waals surface area contributed by atoms with Crippen LogP contribution in [-0.4, -0.2) is 40.8 Å². The maximum atomic E-state index is 12.1. The van der Waals surface area contributed by atoms with Crippen molar-refractivity contribution in [1.29, 1.82) is 0 Å². The van der Waals surface area contributed by atoms with Crippen LogP contribution in [0.2, 0.25) is 0 Å². The lowest BCUT2D eigenvalue weighted by atomic mass is 9.62. The first-order chi connectivity index (χ1) is 8.71. The number of carboxylic acids is 1. The lowest BCUT2D eigenvalue weighted by molar-refractivity contribution is -0.147. The summed E-state index contributed by atoms with van der Waals surface area (Å²) in [6, 6.07) is 0. The highest BCUT2D eigenvalue weighted by molar-refractivity contribution is 5.73. The molecule has 108 valence electrons. The van der Waals surface area contributed by atoms with Crippen molar-refractivity contribution in [2.45, 2.75) is 52.1 Å². The molecule has 0 bridgehead atoms. The molecule has 5 heteroatoms. The van der Waals surface area contributed by atoms with Gasteiger partial charge in [-0.2, -0.15) is 0 Å². The van der Waals surface area contributed by atoms with Crippen LogP contribution in [0.5, 0.6) is 0 Å². The highest BCUT2D eigenvalue weighted by atomic mass is 16.6. The first-order valence-corrected chi connectivity index (χ1v) is 6.92. The van der Waals surface area contributed by atoms with Gasteiger partial charge in [0.05, 0.1) is 5.92 Å². The van der Waals surface area contributed by atoms with Gasteiger partial charge < -0.3 is 14.7 Å².